The van der Waals surface area contributed by atoms with E-state index in [2.05, 4.69) is 18.7 Å². The highest BCUT2D eigenvalue weighted by Gasteiger charge is 2.46. The van der Waals surface area contributed by atoms with Crippen LogP contribution >= 0.6 is 0 Å². The van der Waals surface area contributed by atoms with E-state index in [1.807, 2.05) is 24.3 Å². The summed E-state index contributed by atoms with van der Waals surface area (Å²) in [6.07, 6.45) is 0. The zero-order chi connectivity index (χ0) is 24.5. The number of rotatable bonds is 6. The third-order valence-corrected chi connectivity index (χ3v) is 6.87. The molecule has 8 heteroatoms. The molecule has 2 aromatic carbocycles. The number of benzene rings is 2. The van der Waals surface area contributed by atoms with Crippen LogP contribution in [0.4, 0.5) is 0 Å². The molecule has 0 bridgehead atoms. The molecule has 0 saturated carbocycles. The van der Waals surface area contributed by atoms with Gasteiger partial charge in [0, 0.05) is 31.7 Å². The number of carbonyl (C=O) groups excluding carboxylic acids is 2. The Morgan fingerprint density at radius 3 is 2.43 bits per heavy atom. The molecule has 5 rings (SSSR count). The second-order valence-corrected chi connectivity index (χ2v) is 9.34. The minimum absolute atomic E-state index is 0.0909. The number of ketones is 1. The van der Waals surface area contributed by atoms with Crippen molar-refractivity contribution in [2.75, 3.05) is 46.2 Å². The molecule has 2 aromatic rings. The lowest BCUT2D eigenvalue weighted by Crippen LogP contribution is -2.42. The van der Waals surface area contributed by atoms with E-state index in [1.165, 1.54) is 0 Å². The first-order chi connectivity index (χ1) is 16.9. The Morgan fingerprint density at radius 2 is 1.71 bits per heavy atom. The SMILES string of the molecule is CC(C)c1ccc(C2C(=C(O)c3ccc4c(c3)OCO4)C(=O)C(=O)N2CCN2CCOCC2)cc1. The van der Waals surface area contributed by atoms with Gasteiger partial charge >= 0.3 is 0 Å². The fourth-order valence-electron chi connectivity index (χ4n) is 4.79. The molecule has 1 atom stereocenters. The number of aliphatic hydroxyl groups is 1. The van der Waals surface area contributed by atoms with Gasteiger partial charge in [0.2, 0.25) is 6.79 Å². The van der Waals surface area contributed by atoms with Crippen LogP contribution in [0.2, 0.25) is 0 Å². The van der Waals surface area contributed by atoms with Crippen LogP contribution in [-0.4, -0.2) is 72.8 Å². The Morgan fingerprint density at radius 1 is 1.00 bits per heavy atom. The molecule has 0 aliphatic carbocycles. The van der Waals surface area contributed by atoms with Crippen molar-refractivity contribution in [2.24, 2.45) is 0 Å². The van der Waals surface area contributed by atoms with Gasteiger partial charge in [-0.1, -0.05) is 38.1 Å². The number of morpholine rings is 1. The summed E-state index contributed by atoms with van der Waals surface area (Å²) < 4.78 is 16.2. The summed E-state index contributed by atoms with van der Waals surface area (Å²) in [4.78, 5) is 30.3. The highest BCUT2D eigenvalue weighted by atomic mass is 16.7. The largest absolute Gasteiger partial charge is 0.507 e. The molecule has 3 aliphatic heterocycles. The van der Waals surface area contributed by atoms with E-state index in [0.29, 0.717) is 49.3 Å². The van der Waals surface area contributed by atoms with Crippen molar-refractivity contribution in [3.05, 3.63) is 64.7 Å². The molecule has 1 amide bonds. The Kier molecular flexibility index (Phi) is 6.49. The Balaban J connectivity index is 1.53. The summed E-state index contributed by atoms with van der Waals surface area (Å²) in [7, 11) is 0. The monoisotopic (exact) mass is 478 g/mol. The number of carbonyl (C=O) groups is 2. The van der Waals surface area contributed by atoms with Gasteiger partial charge in [0.25, 0.3) is 11.7 Å². The normalized spacial score (nSPS) is 21.8. The van der Waals surface area contributed by atoms with Gasteiger partial charge in [-0.2, -0.15) is 0 Å². The van der Waals surface area contributed by atoms with Crippen molar-refractivity contribution in [1.29, 1.82) is 0 Å². The summed E-state index contributed by atoms with van der Waals surface area (Å²) >= 11 is 0. The quantitative estimate of drug-likeness (QED) is 0.387. The second kappa shape index (κ2) is 9.71. The zero-order valence-corrected chi connectivity index (χ0v) is 20.0. The third kappa shape index (κ3) is 4.51. The van der Waals surface area contributed by atoms with Crippen LogP contribution in [0, 0.1) is 0 Å². The van der Waals surface area contributed by atoms with Crippen LogP contribution in [0.15, 0.2) is 48.0 Å². The summed E-state index contributed by atoms with van der Waals surface area (Å²) in [6.45, 7) is 8.22. The van der Waals surface area contributed by atoms with Crippen LogP contribution in [-0.2, 0) is 14.3 Å². The number of aliphatic hydroxyl groups excluding tert-OH is 1. The van der Waals surface area contributed by atoms with Gasteiger partial charge in [0.05, 0.1) is 24.8 Å². The van der Waals surface area contributed by atoms with Crippen LogP contribution in [0.1, 0.15) is 42.5 Å². The van der Waals surface area contributed by atoms with Gasteiger partial charge in [-0.25, -0.2) is 0 Å². The van der Waals surface area contributed by atoms with Crippen LogP contribution in [0.5, 0.6) is 11.5 Å². The number of hydrogen-bond donors (Lipinski definition) is 1. The predicted molar refractivity (Wildman–Crippen MR) is 129 cm³/mol. The van der Waals surface area contributed by atoms with Gasteiger partial charge in [-0.05, 0) is 35.2 Å². The molecule has 0 spiro atoms. The molecule has 1 N–H and O–H groups in total. The second-order valence-electron chi connectivity index (χ2n) is 9.34. The number of likely N-dealkylation sites (tertiary alicyclic amines) is 1. The van der Waals surface area contributed by atoms with Crippen molar-refractivity contribution in [1.82, 2.24) is 9.80 Å². The Hall–Kier alpha value is -3.36. The Bertz CT molecular complexity index is 1150. The number of fused-ring (bicyclic) bond motifs is 1. The van der Waals surface area contributed by atoms with E-state index in [-0.39, 0.29) is 18.1 Å². The lowest BCUT2D eigenvalue weighted by atomic mass is 9.93. The zero-order valence-electron chi connectivity index (χ0n) is 20.0. The average Bonchev–Trinajstić information content (AvgIpc) is 3.45. The first-order valence-electron chi connectivity index (χ1n) is 12.0. The first-order valence-corrected chi connectivity index (χ1v) is 12.0. The van der Waals surface area contributed by atoms with Gasteiger partial charge in [0.1, 0.15) is 5.76 Å². The summed E-state index contributed by atoms with van der Waals surface area (Å²) in [5.41, 5.74) is 2.45. The third-order valence-electron chi connectivity index (χ3n) is 6.87. The maximum absolute atomic E-state index is 13.3. The smallest absolute Gasteiger partial charge is 0.295 e. The van der Waals surface area contributed by atoms with Crippen molar-refractivity contribution in [2.45, 2.75) is 25.8 Å². The summed E-state index contributed by atoms with van der Waals surface area (Å²) in [5.74, 6) is -0.0702. The topological polar surface area (TPSA) is 88.5 Å². The Labute approximate surface area is 204 Å². The van der Waals surface area contributed by atoms with Gasteiger partial charge in [-0.3, -0.25) is 14.5 Å². The summed E-state index contributed by atoms with van der Waals surface area (Å²) in [6, 6.07) is 12.2. The lowest BCUT2D eigenvalue weighted by Gasteiger charge is -2.31. The minimum Gasteiger partial charge on any atom is -0.507 e. The van der Waals surface area contributed by atoms with Gasteiger partial charge in [-0.15, -0.1) is 0 Å². The molecule has 8 nitrogen and oxygen atoms in total. The fourth-order valence-corrected chi connectivity index (χ4v) is 4.79. The highest BCUT2D eigenvalue weighted by Crippen LogP contribution is 2.41. The minimum atomic E-state index is -0.680. The molecule has 3 heterocycles. The van der Waals surface area contributed by atoms with E-state index >= 15 is 0 Å². The average molecular weight is 479 g/mol. The standard InChI is InChI=1S/C27H30N2O6/c1-17(2)18-3-5-19(6-4-18)24-23(25(30)20-7-8-21-22(15-20)35-16-34-21)26(31)27(32)29(24)10-9-28-11-13-33-14-12-28/h3-8,15,17,24,30H,9-14,16H2,1-2H3. The van der Waals surface area contributed by atoms with Crippen LogP contribution in [0.3, 0.4) is 0 Å². The molecular weight excluding hydrogens is 448 g/mol. The molecule has 184 valence electrons. The molecule has 3 aliphatic rings. The molecule has 0 radical (unpaired) electrons. The number of Topliss-reactive ketones (excluding diaryl/α,β-unsaturated/α-hetero) is 1. The molecule has 0 aromatic heterocycles. The van der Waals surface area contributed by atoms with Gasteiger partial charge < -0.3 is 24.2 Å². The lowest BCUT2D eigenvalue weighted by molar-refractivity contribution is -0.140. The van der Waals surface area contributed by atoms with E-state index in [9.17, 15) is 14.7 Å². The maximum Gasteiger partial charge on any atom is 0.295 e. The molecular formula is C27H30N2O6. The van der Waals surface area contributed by atoms with E-state index < -0.39 is 17.7 Å². The van der Waals surface area contributed by atoms with E-state index in [4.69, 9.17) is 14.2 Å². The van der Waals surface area contributed by atoms with Crippen LogP contribution < -0.4 is 9.47 Å². The first kappa shape index (κ1) is 23.4. The van der Waals surface area contributed by atoms with Crippen molar-refractivity contribution >= 4 is 17.4 Å². The van der Waals surface area contributed by atoms with Crippen molar-refractivity contribution in [3.8, 4) is 11.5 Å². The number of nitrogens with zero attached hydrogens (tertiary/aromatic N) is 2. The number of hydrogen-bond acceptors (Lipinski definition) is 7. The van der Waals surface area contributed by atoms with Crippen molar-refractivity contribution < 1.29 is 28.9 Å². The molecule has 2 saturated heterocycles. The predicted octanol–water partition coefficient (Wildman–Crippen LogP) is 3.29. The van der Waals surface area contributed by atoms with E-state index in [0.717, 1.165) is 24.2 Å². The summed E-state index contributed by atoms with van der Waals surface area (Å²) in [5, 5.41) is 11.3. The number of ether oxygens (including phenoxy) is 3. The molecule has 1 unspecified atom stereocenters. The van der Waals surface area contributed by atoms with E-state index in [1.54, 1.807) is 23.1 Å². The number of amides is 1. The molecule has 35 heavy (non-hydrogen) atoms. The fraction of sp³-hybridized carbons (Fsp3) is 0.407. The molecule has 2 fully saturated rings. The van der Waals surface area contributed by atoms with Crippen molar-refractivity contribution in [3.63, 3.8) is 0 Å². The van der Waals surface area contributed by atoms with Crippen LogP contribution in [0.25, 0.3) is 5.76 Å². The maximum atomic E-state index is 13.3. The van der Waals surface area contributed by atoms with Gasteiger partial charge in [0.15, 0.2) is 11.5 Å². The highest BCUT2D eigenvalue weighted by molar-refractivity contribution is 6.46.